The van der Waals surface area contributed by atoms with Gasteiger partial charge in [0.25, 0.3) is 0 Å². The Labute approximate surface area is 142 Å². The molecule has 3 rings (SSSR count). The van der Waals surface area contributed by atoms with Crippen molar-refractivity contribution >= 4 is 10.0 Å². The van der Waals surface area contributed by atoms with Crippen LogP contribution in [0.4, 0.5) is 0 Å². The average molecular weight is 341 g/mol. The minimum atomic E-state index is -3.63. The summed E-state index contributed by atoms with van der Waals surface area (Å²) in [5, 5.41) is 0. The van der Waals surface area contributed by atoms with Gasteiger partial charge in [-0.05, 0) is 43.2 Å². The van der Waals surface area contributed by atoms with E-state index in [1.165, 1.54) is 0 Å². The van der Waals surface area contributed by atoms with Gasteiger partial charge in [-0.1, -0.05) is 48.0 Å². The number of nitrogens with one attached hydrogen (secondary N) is 1. The lowest BCUT2D eigenvalue weighted by Crippen LogP contribution is -2.29. The van der Waals surface area contributed by atoms with Gasteiger partial charge < -0.3 is 4.42 Å². The smallest absolute Gasteiger partial charge is 0.241 e. The molecule has 3 aromatic rings. The van der Waals surface area contributed by atoms with Crippen molar-refractivity contribution in [1.82, 2.24) is 4.72 Å². The zero-order valence-electron chi connectivity index (χ0n) is 13.3. The van der Waals surface area contributed by atoms with Crippen molar-refractivity contribution in [3.05, 3.63) is 89.9 Å². The van der Waals surface area contributed by atoms with E-state index in [4.69, 9.17) is 4.42 Å². The highest BCUT2D eigenvalue weighted by molar-refractivity contribution is 7.89. The van der Waals surface area contributed by atoms with Crippen molar-refractivity contribution in [1.29, 1.82) is 0 Å². The number of benzene rings is 2. The highest BCUT2D eigenvalue weighted by atomic mass is 32.2. The molecule has 0 aliphatic heterocycles. The summed E-state index contributed by atoms with van der Waals surface area (Å²) in [4.78, 5) is 0.248. The largest absolute Gasteiger partial charge is 0.468 e. The van der Waals surface area contributed by atoms with Gasteiger partial charge in [0.2, 0.25) is 10.0 Å². The lowest BCUT2D eigenvalue weighted by atomic mass is 10.1. The molecule has 0 aliphatic rings. The maximum Gasteiger partial charge on any atom is 0.241 e. The maximum absolute atomic E-state index is 12.7. The molecule has 0 bridgehead atoms. The highest BCUT2D eigenvalue weighted by Gasteiger charge is 2.23. The number of hydrogen-bond acceptors (Lipinski definition) is 3. The van der Waals surface area contributed by atoms with E-state index >= 15 is 0 Å². The van der Waals surface area contributed by atoms with Crippen LogP contribution < -0.4 is 4.72 Å². The van der Waals surface area contributed by atoms with E-state index in [1.54, 1.807) is 42.7 Å². The van der Waals surface area contributed by atoms with Crippen molar-refractivity contribution in [2.75, 3.05) is 0 Å². The van der Waals surface area contributed by atoms with E-state index in [0.717, 1.165) is 11.1 Å². The summed E-state index contributed by atoms with van der Waals surface area (Å²) in [5.74, 6) is 0.592. The highest BCUT2D eigenvalue weighted by Crippen LogP contribution is 2.22. The molecular formula is C19H19NO3S. The van der Waals surface area contributed by atoms with Crippen molar-refractivity contribution in [2.45, 2.75) is 24.3 Å². The van der Waals surface area contributed by atoms with E-state index in [0.29, 0.717) is 12.2 Å². The molecule has 24 heavy (non-hydrogen) atoms. The van der Waals surface area contributed by atoms with Gasteiger partial charge in [0.1, 0.15) is 5.76 Å². The predicted molar refractivity (Wildman–Crippen MR) is 93.1 cm³/mol. The second kappa shape index (κ2) is 7.03. The number of furan rings is 1. The van der Waals surface area contributed by atoms with Crippen LogP contribution in [0.25, 0.3) is 0 Å². The number of sulfonamides is 1. The Morgan fingerprint density at radius 1 is 0.958 bits per heavy atom. The van der Waals surface area contributed by atoms with Crippen LogP contribution in [-0.4, -0.2) is 8.42 Å². The third-order valence-corrected chi connectivity index (χ3v) is 5.29. The molecule has 0 saturated carbocycles. The fourth-order valence-electron chi connectivity index (χ4n) is 2.51. The van der Waals surface area contributed by atoms with Crippen LogP contribution in [0.15, 0.2) is 82.3 Å². The summed E-state index contributed by atoms with van der Waals surface area (Å²) in [6, 6.07) is 19.6. The molecule has 1 N–H and O–H groups in total. The second-order valence-electron chi connectivity index (χ2n) is 5.69. The van der Waals surface area contributed by atoms with Crippen molar-refractivity contribution < 1.29 is 12.8 Å². The first-order valence-electron chi connectivity index (χ1n) is 7.71. The van der Waals surface area contributed by atoms with Crippen LogP contribution in [0.1, 0.15) is 22.9 Å². The van der Waals surface area contributed by atoms with Crippen LogP contribution >= 0.6 is 0 Å². The molecule has 2 aromatic carbocycles. The first-order chi connectivity index (χ1) is 11.5. The molecule has 0 fully saturated rings. The normalized spacial score (nSPS) is 12.9. The standard InChI is InChI=1S/C19H19NO3S/c1-15-9-11-17(12-10-15)24(21,22)20-18(19-8-5-13-23-19)14-16-6-3-2-4-7-16/h2-13,18,20H,14H2,1H3. The Balaban J connectivity index is 1.87. The minimum absolute atomic E-state index is 0.248. The van der Waals surface area contributed by atoms with Crippen LogP contribution in [0, 0.1) is 6.92 Å². The zero-order valence-corrected chi connectivity index (χ0v) is 14.2. The lowest BCUT2D eigenvalue weighted by Gasteiger charge is -2.17. The summed E-state index contributed by atoms with van der Waals surface area (Å²) >= 11 is 0. The number of rotatable bonds is 6. The van der Waals surface area contributed by atoms with Gasteiger partial charge in [0.05, 0.1) is 17.2 Å². The Morgan fingerprint density at radius 2 is 1.67 bits per heavy atom. The summed E-state index contributed by atoms with van der Waals surface area (Å²) in [6.07, 6.45) is 2.06. The van der Waals surface area contributed by atoms with Crippen LogP contribution in [0.3, 0.4) is 0 Å². The molecule has 0 aliphatic carbocycles. The Morgan fingerprint density at radius 3 is 2.29 bits per heavy atom. The molecule has 0 saturated heterocycles. The summed E-state index contributed by atoms with van der Waals surface area (Å²) in [5.41, 5.74) is 2.05. The molecule has 0 spiro atoms. The van der Waals surface area contributed by atoms with Crippen molar-refractivity contribution in [3.63, 3.8) is 0 Å². The van der Waals surface area contributed by atoms with Crippen LogP contribution in [0.2, 0.25) is 0 Å². The summed E-state index contributed by atoms with van der Waals surface area (Å²) in [6.45, 7) is 1.92. The monoisotopic (exact) mass is 341 g/mol. The average Bonchev–Trinajstić information content (AvgIpc) is 3.10. The van der Waals surface area contributed by atoms with E-state index in [1.807, 2.05) is 37.3 Å². The lowest BCUT2D eigenvalue weighted by molar-refractivity contribution is 0.442. The molecule has 124 valence electrons. The van der Waals surface area contributed by atoms with Crippen molar-refractivity contribution in [2.24, 2.45) is 0 Å². The summed E-state index contributed by atoms with van der Waals surface area (Å²) in [7, 11) is -3.63. The molecule has 1 unspecified atom stereocenters. The van der Waals surface area contributed by atoms with Gasteiger partial charge in [-0.15, -0.1) is 0 Å². The van der Waals surface area contributed by atoms with E-state index in [-0.39, 0.29) is 4.90 Å². The molecule has 0 amide bonds. The van der Waals surface area contributed by atoms with E-state index < -0.39 is 16.1 Å². The predicted octanol–water partition coefficient (Wildman–Crippen LogP) is 3.85. The quantitative estimate of drug-likeness (QED) is 0.741. The fourth-order valence-corrected chi connectivity index (χ4v) is 3.72. The first-order valence-corrected chi connectivity index (χ1v) is 9.19. The van der Waals surface area contributed by atoms with Gasteiger partial charge in [0.15, 0.2) is 0 Å². The van der Waals surface area contributed by atoms with Gasteiger partial charge in [-0.25, -0.2) is 13.1 Å². The minimum Gasteiger partial charge on any atom is -0.468 e. The maximum atomic E-state index is 12.7. The first kappa shape index (κ1) is 16.5. The Hall–Kier alpha value is -2.37. The summed E-state index contributed by atoms with van der Waals surface area (Å²) < 4.78 is 33.6. The molecule has 1 aromatic heterocycles. The molecular weight excluding hydrogens is 322 g/mol. The van der Waals surface area contributed by atoms with Gasteiger partial charge in [0, 0.05) is 0 Å². The van der Waals surface area contributed by atoms with Crippen LogP contribution in [-0.2, 0) is 16.4 Å². The molecule has 0 radical (unpaired) electrons. The third kappa shape index (κ3) is 3.93. The molecule has 5 heteroatoms. The third-order valence-electron chi connectivity index (χ3n) is 3.80. The number of hydrogen-bond donors (Lipinski definition) is 1. The van der Waals surface area contributed by atoms with Gasteiger partial charge >= 0.3 is 0 Å². The fraction of sp³-hybridized carbons (Fsp3) is 0.158. The number of aryl methyl sites for hydroxylation is 1. The van der Waals surface area contributed by atoms with Gasteiger partial charge in [-0.3, -0.25) is 0 Å². The topological polar surface area (TPSA) is 59.3 Å². The second-order valence-corrected chi connectivity index (χ2v) is 7.41. The van der Waals surface area contributed by atoms with E-state index in [9.17, 15) is 8.42 Å². The molecule has 4 nitrogen and oxygen atoms in total. The Kier molecular flexibility index (Phi) is 4.83. The molecule has 1 heterocycles. The van der Waals surface area contributed by atoms with Crippen LogP contribution in [0.5, 0.6) is 0 Å². The van der Waals surface area contributed by atoms with Gasteiger partial charge in [-0.2, -0.15) is 0 Å². The van der Waals surface area contributed by atoms with E-state index in [2.05, 4.69) is 4.72 Å². The zero-order chi connectivity index (χ0) is 17.0. The molecule has 1 atom stereocenters. The Bertz CT molecular complexity index is 870. The van der Waals surface area contributed by atoms with Crippen molar-refractivity contribution in [3.8, 4) is 0 Å². The SMILES string of the molecule is Cc1ccc(S(=O)(=O)NC(Cc2ccccc2)c2ccco2)cc1.